The van der Waals surface area contributed by atoms with Gasteiger partial charge in [0.15, 0.2) is 0 Å². The minimum absolute atomic E-state index is 0.0457. The molecule has 1 aliphatic heterocycles. The third-order valence-electron chi connectivity index (χ3n) is 4.16. The Bertz CT molecular complexity index is 593. The van der Waals surface area contributed by atoms with Gasteiger partial charge < -0.3 is 10.2 Å². The van der Waals surface area contributed by atoms with Crippen molar-refractivity contribution in [3.63, 3.8) is 0 Å². The quantitative estimate of drug-likeness (QED) is 0.866. The molecule has 21 heavy (non-hydrogen) atoms. The SMILES string of the molecule is O=C(Nc1cc(Cl)ccc1Cl)C1(C(=O)N2CCCC2)CC1. The molecule has 112 valence electrons. The van der Waals surface area contributed by atoms with E-state index in [1.165, 1.54) is 0 Å². The number of carbonyl (C=O) groups is 2. The van der Waals surface area contributed by atoms with E-state index in [2.05, 4.69) is 5.32 Å². The maximum atomic E-state index is 12.5. The number of benzene rings is 1. The standard InChI is InChI=1S/C15H16Cl2N2O2/c16-10-3-4-11(17)12(9-10)18-13(20)15(5-6-15)14(21)19-7-1-2-8-19/h3-4,9H,1-2,5-8H2,(H,18,20). The number of nitrogens with zero attached hydrogens (tertiary/aromatic N) is 1. The fourth-order valence-electron chi connectivity index (χ4n) is 2.72. The number of hydrogen-bond donors (Lipinski definition) is 1. The molecule has 2 aliphatic rings. The molecule has 0 bridgehead atoms. The van der Waals surface area contributed by atoms with Gasteiger partial charge in [-0.05, 0) is 43.9 Å². The average Bonchev–Trinajstić information content (AvgIpc) is 3.10. The first kappa shape index (κ1) is 14.7. The summed E-state index contributed by atoms with van der Waals surface area (Å²) in [5.41, 5.74) is -0.439. The largest absolute Gasteiger partial charge is 0.342 e. The molecule has 3 rings (SSSR count). The van der Waals surface area contributed by atoms with Crippen molar-refractivity contribution >= 4 is 40.7 Å². The van der Waals surface area contributed by atoms with Crippen LogP contribution in [0.5, 0.6) is 0 Å². The maximum absolute atomic E-state index is 12.5. The highest BCUT2D eigenvalue weighted by Gasteiger charge is 2.58. The fraction of sp³-hybridized carbons (Fsp3) is 0.467. The number of anilines is 1. The minimum atomic E-state index is -0.893. The van der Waals surface area contributed by atoms with Gasteiger partial charge >= 0.3 is 0 Å². The Morgan fingerprint density at radius 3 is 2.43 bits per heavy atom. The van der Waals surface area contributed by atoms with E-state index < -0.39 is 5.41 Å². The predicted molar refractivity (Wildman–Crippen MR) is 82.6 cm³/mol. The topological polar surface area (TPSA) is 49.4 Å². The molecule has 1 aromatic carbocycles. The highest BCUT2D eigenvalue weighted by atomic mass is 35.5. The van der Waals surface area contributed by atoms with Gasteiger partial charge in [-0.2, -0.15) is 0 Å². The highest BCUT2D eigenvalue weighted by molar-refractivity contribution is 6.36. The van der Waals surface area contributed by atoms with Crippen LogP contribution in [0, 0.1) is 5.41 Å². The summed E-state index contributed by atoms with van der Waals surface area (Å²) in [5.74, 6) is -0.320. The van der Waals surface area contributed by atoms with Gasteiger partial charge in [0.2, 0.25) is 11.8 Å². The van der Waals surface area contributed by atoms with Gasteiger partial charge in [0.05, 0.1) is 10.7 Å². The Morgan fingerprint density at radius 2 is 1.81 bits per heavy atom. The molecule has 0 atom stereocenters. The van der Waals surface area contributed by atoms with E-state index in [9.17, 15) is 9.59 Å². The Kier molecular flexibility index (Phi) is 3.84. The van der Waals surface area contributed by atoms with Crippen LogP contribution in [0.3, 0.4) is 0 Å². The summed E-state index contributed by atoms with van der Waals surface area (Å²) in [6, 6.07) is 4.88. The molecule has 1 aromatic rings. The second-order valence-electron chi connectivity index (χ2n) is 5.66. The maximum Gasteiger partial charge on any atom is 0.240 e. The summed E-state index contributed by atoms with van der Waals surface area (Å²) >= 11 is 12.0. The van der Waals surface area contributed by atoms with Crippen molar-refractivity contribution in [1.82, 2.24) is 4.90 Å². The Balaban J connectivity index is 1.75. The van der Waals surface area contributed by atoms with Crippen LogP contribution in [-0.4, -0.2) is 29.8 Å². The van der Waals surface area contributed by atoms with Crippen molar-refractivity contribution in [3.8, 4) is 0 Å². The van der Waals surface area contributed by atoms with Gasteiger partial charge in [0.25, 0.3) is 0 Å². The van der Waals surface area contributed by atoms with Crippen LogP contribution in [0.15, 0.2) is 18.2 Å². The van der Waals surface area contributed by atoms with E-state index in [1.807, 2.05) is 0 Å². The molecule has 1 heterocycles. The molecule has 0 radical (unpaired) electrons. The zero-order valence-corrected chi connectivity index (χ0v) is 13.0. The van der Waals surface area contributed by atoms with Crippen molar-refractivity contribution in [1.29, 1.82) is 0 Å². The fourth-order valence-corrected chi connectivity index (χ4v) is 3.06. The van der Waals surface area contributed by atoms with E-state index in [0.29, 0.717) is 28.6 Å². The summed E-state index contributed by atoms with van der Waals surface area (Å²) < 4.78 is 0. The number of hydrogen-bond acceptors (Lipinski definition) is 2. The number of halogens is 2. The lowest BCUT2D eigenvalue weighted by Gasteiger charge is -2.22. The predicted octanol–water partition coefficient (Wildman–Crippen LogP) is 3.33. The molecule has 4 nitrogen and oxygen atoms in total. The minimum Gasteiger partial charge on any atom is -0.342 e. The molecule has 6 heteroatoms. The van der Waals surface area contributed by atoms with Crippen molar-refractivity contribution < 1.29 is 9.59 Å². The molecule has 0 unspecified atom stereocenters. The molecule has 1 saturated carbocycles. The molecular formula is C15H16Cl2N2O2. The lowest BCUT2D eigenvalue weighted by atomic mass is 10.0. The van der Waals surface area contributed by atoms with Crippen LogP contribution in [-0.2, 0) is 9.59 Å². The van der Waals surface area contributed by atoms with Gasteiger partial charge in [-0.15, -0.1) is 0 Å². The Morgan fingerprint density at radius 1 is 1.14 bits per heavy atom. The van der Waals surface area contributed by atoms with Crippen LogP contribution < -0.4 is 5.32 Å². The Labute approximate surface area is 133 Å². The van der Waals surface area contributed by atoms with Crippen molar-refractivity contribution in [2.45, 2.75) is 25.7 Å². The molecule has 1 N–H and O–H groups in total. The summed E-state index contributed by atoms with van der Waals surface area (Å²) in [7, 11) is 0. The number of amides is 2. The van der Waals surface area contributed by atoms with E-state index in [0.717, 1.165) is 25.9 Å². The third-order valence-corrected chi connectivity index (χ3v) is 4.73. The van der Waals surface area contributed by atoms with E-state index in [4.69, 9.17) is 23.2 Å². The van der Waals surface area contributed by atoms with Crippen molar-refractivity contribution in [2.75, 3.05) is 18.4 Å². The first-order valence-corrected chi connectivity index (χ1v) is 7.84. The zero-order chi connectivity index (χ0) is 15.0. The smallest absolute Gasteiger partial charge is 0.240 e. The first-order chi connectivity index (χ1) is 10.0. The van der Waals surface area contributed by atoms with Gasteiger partial charge in [-0.25, -0.2) is 0 Å². The first-order valence-electron chi connectivity index (χ1n) is 7.09. The second-order valence-corrected chi connectivity index (χ2v) is 6.50. The number of rotatable bonds is 3. The monoisotopic (exact) mass is 326 g/mol. The van der Waals surface area contributed by atoms with Crippen LogP contribution in [0.25, 0.3) is 0 Å². The lowest BCUT2D eigenvalue weighted by Crippen LogP contribution is -2.41. The van der Waals surface area contributed by atoms with E-state index >= 15 is 0 Å². The van der Waals surface area contributed by atoms with Gasteiger partial charge in [0.1, 0.15) is 5.41 Å². The normalized spacial score (nSPS) is 19.4. The zero-order valence-electron chi connectivity index (χ0n) is 11.5. The molecule has 0 aromatic heterocycles. The number of nitrogens with one attached hydrogen (secondary N) is 1. The Hall–Kier alpha value is -1.26. The average molecular weight is 327 g/mol. The lowest BCUT2D eigenvalue weighted by molar-refractivity contribution is -0.141. The molecule has 2 fully saturated rings. The van der Waals surface area contributed by atoms with Crippen LogP contribution >= 0.6 is 23.2 Å². The van der Waals surface area contributed by atoms with Gasteiger partial charge in [-0.3, -0.25) is 9.59 Å². The van der Waals surface area contributed by atoms with E-state index in [1.54, 1.807) is 23.1 Å². The van der Waals surface area contributed by atoms with Crippen molar-refractivity contribution in [3.05, 3.63) is 28.2 Å². The van der Waals surface area contributed by atoms with Gasteiger partial charge in [-0.1, -0.05) is 23.2 Å². The third kappa shape index (κ3) is 2.74. The molecule has 1 saturated heterocycles. The summed E-state index contributed by atoms with van der Waals surface area (Å²) in [6.07, 6.45) is 3.24. The molecular weight excluding hydrogens is 311 g/mol. The van der Waals surface area contributed by atoms with Crippen molar-refractivity contribution in [2.24, 2.45) is 5.41 Å². The summed E-state index contributed by atoms with van der Waals surface area (Å²) in [5, 5.41) is 3.66. The van der Waals surface area contributed by atoms with E-state index in [-0.39, 0.29) is 11.8 Å². The highest BCUT2D eigenvalue weighted by Crippen LogP contribution is 2.49. The summed E-state index contributed by atoms with van der Waals surface area (Å²) in [4.78, 5) is 26.8. The van der Waals surface area contributed by atoms with Crippen LogP contribution in [0.2, 0.25) is 10.0 Å². The van der Waals surface area contributed by atoms with Crippen LogP contribution in [0.4, 0.5) is 5.69 Å². The molecule has 1 aliphatic carbocycles. The summed E-state index contributed by atoms with van der Waals surface area (Å²) in [6.45, 7) is 1.51. The molecule has 0 spiro atoms. The number of carbonyl (C=O) groups excluding carboxylic acids is 2. The van der Waals surface area contributed by atoms with Gasteiger partial charge in [0, 0.05) is 18.1 Å². The second kappa shape index (κ2) is 5.50. The van der Waals surface area contributed by atoms with Crippen LogP contribution in [0.1, 0.15) is 25.7 Å². The molecule has 2 amide bonds. The number of likely N-dealkylation sites (tertiary alicyclic amines) is 1.